The van der Waals surface area contributed by atoms with Gasteiger partial charge in [0.15, 0.2) is 6.61 Å². The van der Waals surface area contributed by atoms with E-state index in [-0.39, 0.29) is 6.61 Å². The molecular formula is C15H20N2O. The molecular weight excluding hydrogens is 224 g/mol. The molecule has 0 saturated heterocycles. The number of para-hydroxylation sites is 1. The molecule has 0 aliphatic heterocycles. The van der Waals surface area contributed by atoms with Crippen LogP contribution in [-0.4, -0.2) is 19.7 Å². The summed E-state index contributed by atoms with van der Waals surface area (Å²) in [6, 6.07) is 9.78. The summed E-state index contributed by atoms with van der Waals surface area (Å²) in [5, 5.41) is 11.9. The number of hydrogen-bond acceptors (Lipinski definition) is 3. The van der Waals surface area contributed by atoms with Crippen LogP contribution in [0.3, 0.4) is 0 Å². The first-order valence-corrected chi connectivity index (χ1v) is 6.30. The first-order valence-electron chi connectivity index (χ1n) is 6.30. The van der Waals surface area contributed by atoms with Crippen molar-refractivity contribution in [2.24, 2.45) is 0 Å². The van der Waals surface area contributed by atoms with Gasteiger partial charge in [-0.3, -0.25) is 0 Å². The molecule has 0 radical (unpaired) electrons. The van der Waals surface area contributed by atoms with Crippen LogP contribution < -0.4 is 10.1 Å². The van der Waals surface area contributed by atoms with Crippen molar-refractivity contribution >= 4 is 6.08 Å². The molecule has 96 valence electrons. The lowest BCUT2D eigenvalue weighted by Gasteiger charge is -2.09. The molecule has 0 aliphatic carbocycles. The van der Waals surface area contributed by atoms with Gasteiger partial charge in [-0.05, 0) is 19.0 Å². The lowest BCUT2D eigenvalue weighted by atomic mass is 10.1. The molecule has 1 aromatic carbocycles. The molecule has 1 N–H and O–H groups in total. The standard InChI is InChI=1S/C15H20N2O/c1-3-13(12-17-4-2)11-14-7-5-6-8-15(14)18-10-9-16/h5-8,11,17H,3-4,10,12H2,1-2H3. The summed E-state index contributed by atoms with van der Waals surface area (Å²) in [6.45, 7) is 6.17. The minimum absolute atomic E-state index is 0.0829. The third kappa shape index (κ3) is 4.60. The van der Waals surface area contributed by atoms with Crippen LogP contribution in [0.4, 0.5) is 0 Å². The molecule has 0 aromatic heterocycles. The lowest BCUT2D eigenvalue weighted by molar-refractivity contribution is 0.367. The normalized spacial score (nSPS) is 11.1. The monoisotopic (exact) mass is 244 g/mol. The highest BCUT2D eigenvalue weighted by molar-refractivity contribution is 5.60. The molecule has 1 rings (SSSR count). The Labute approximate surface area is 109 Å². The minimum atomic E-state index is 0.0829. The SMILES string of the molecule is CCNCC(=Cc1ccccc1OCC#N)CC. The number of hydrogen-bond donors (Lipinski definition) is 1. The lowest BCUT2D eigenvalue weighted by Crippen LogP contribution is -2.15. The molecule has 0 aliphatic rings. The van der Waals surface area contributed by atoms with Crippen LogP contribution in [0.15, 0.2) is 29.8 Å². The molecule has 18 heavy (non-hydrogen) atoms. The Balaban J connectivity index is 2.86. The summed E-state index contributed by atoms with van der Waals surface area (Å²) < 4.78 is 5.41. The van der Waals surface area contributed by atoms with E-state index in [1.54, 1.807) is 0 Å². The van der Waals surface area contributed by atoms with E-state index in [2.05, 4.69) is 25.2 Å². The average molecular weight is 244 g/mol. The van der Waals surface area contributed by atoms with Gasteiger partial charge in [0.05, 0.1) is 0 Å². The summed E-state index contributed by atoms with van der Waals surface area (Å²) in [7, 11) is 0. The Morgan fingerprint density at radius 1 is 1.39 bits per heavy atom. The van der Waals surface area contributed by atoms with Crippen LogP contribution in [0.1, 0.15) is 25.8 Å². The molecule has 1 aromatic rings. The van der Waals surface area contributed by atoms with Crippen molar-refractivity contribution in [3.05, 3.63) is 35.4 Å². The van der Waals surface area contributed by atoms with Gasteiger partial charge < -0.3 is 10.1 Å². The van der Waals surface area contributed by atoms with Gasteiger partial charge in [-0.25, -0.2) is 0 Å². The number of benzene rings is 1. The van der Waals surface area contributed by atoms with Crippen LogP contribution in [0.2, 0.25) is 0 Å². The van der Waals surface area contributed by atoms with Crippen LogP contribution in [0, 0.1) is 11.3 Å². The number of nitrogens with one attached hydrogen (secondary N) is 1. The summed E-state index contributed by atoms with van der Waals surface area (Å²) in [5.74, 6) is 0.765. The van der Waals surface area contributed by atoms with Crippen molar-refractivity contribution in [1.82, 2.24) is 5.32 Å². The van der Waals surface area contributed by atoms with Gasteiger partial charge >= 0.3 is 0 Å². The first kappa shape index (κ1) is 14.3. The fourth-order valence-corrected chi connectivity index (χ4v) is 1.62. The maximum atomic E-state index is 8.56. The number of nitrogens with zero attached hydrogens (tertiary/aromatic N) is 1. The molecule has 0 fully saturated rings. The second-order valence-electron chi connectivity index (χ2n) is 3.92. The quantitative estimate of drug-likeness (QED) is 0.802. The van der Waals surface area contributed by atoms with Crippen molar-refractivity contribution in [2.75, 3.05) is 19.7 Å². The van der Waals surface area contributed by atoms with Gasteiger partial charge in [0.1, 0.15) is 11.8 Å². The van der Waals surface area contributed by atoms with Crippen LogP contribution in [0.5, 0.6) is 5.75 Å². The minimum Gasteiger partial charge on any atom is -0.478 e. The average Bonchev–Trinajstić information content (AvgIpc) is 2.42. The van der Waals surface area contributed by atoms with Gasteiger partial charge in [0.25, 0.3) is 0 Å². The Morgan fingerprint density at radius 3 is 2.83 bits per heavy atom. The van der Waals surface area contributed by atoms with Gasteiger partial charge in [0, 0.05) is 12.1 Å². The molecule has 3 heteroatoms. The van der Waals surface area contributed by atoms with Gasteiger partial charge in [-0.2, -0.15) is 5.26 Å². The molecule has 0 spiro atoms. The number of rotatable bonds is 7. The highest BCUT2D eigenvalue weighted by Gasteiger charge is 2.01. The number of ether oxygens (including phenoxy) is 1. The first-order chi connectivity index (χ1) is 8.81. The summed E-state index contributed by atoms with van der Waals surface area (Å²) in [5.41, 5.74) is 2.35. The molecule has 0 atom stereocenters. The molecule has 0 amide bonds. The summed E-state index contributed by atoms with van der Waals surface area (Å²) in [6.07, 6.45) is 3.13. The van der Waals surface area contributed by atoms with E-state index < -0.39 is 0 Å². The molecule has 0 unspecified atom stereocenters. The van der Waals surface area contributed by atoms with E-state index in [0.717, 1.165) is 30.8 Å². The Kier molecular flexibility index (Phi) is 6.60. The highest BCUT2D eigenvalue weighted by atomic mass is 16.5. The van der Waals surface area contributed by atoms with Crippen molar-refractivity contribution < 1.29 is 4.74 Å². The third-order valence-electron chi connectivity index (χ3n) is 2.63. The van der Waals surface area contributed by atoms with Crippen LogP contribution in [0.25, 0.3) is 6.08 Å². The van der Waals surface area contributed by atoms with Crippen LogP contribution >= 0.6 is 0 Å². The molecule has 0 saturated carbocycles. The van der Waals surface area contributed by atoms with E-state index in [9.17, 15) is 0 Å². The summed E-state index contributed by atoms with van der Waals surface area (Å²) in [4.78, 5) is 0. The predicted molar refractivity (Wildman–Crippen MR) is 74.4 cm³/mol. The van der Waals surface area contributed by atoms with E-state index in [1.165, 1.54) is 5.57 Å². The number of likely N-dealkylation sites (N-methyl/N-ethyl adjacent to an activating group) is 1. The van der Waals surface area contributed by atoms with E-state index >= 15 is 0 Å². The second kappa shape index (κ2) is 8.32. The second-order valence-corrected chi connectivity index (χ2v) is 3.92. The predicted octanol–water partition coefficient (Wildman–Crippen LogP) is 2.99. The number of nitriles is 1. The maximum Gasteiger partial charge on any atom is 0.174 e. The largest absolute Gasteiger partial charge is 0.478 e. The fraction of sp³-hybridized carbons (Fsp3) is 0.400. The maximum absolute atomic E-state index is 8.56. The highest BCUT2D eigenvalue weighted by Crippen LogP contribution is 2.21. The van der Waals surface area contributed by atoms with Crippen molar-refractivity contribution in [2.45, 2.75) is 20.3 Å². The molecule has 0 bridgehead atoms. The Morgan fingerprint density at radius 2 is 2.17 bits per heavy atom. The van der Waals surface area contributed by atoms with Gasteiger partial charge in [-0.1, -0.05) is 43.7 Å². The van der Waals surface area contributed by atoms with Gasteiger partial charge in [0.2, 0.25) is 0 Å². The fourth-order valence-electron chi connectivity index (χ4n) is 1.62. The Hall–Kier alpha value is -1.79. The van der Waals surface area contributed by atoms with Crippen molar-refractivity contribution in [3.63, 3.8) is 0 Å². The Bertz CT molecular complexity index is 432. The molecule has 3 nitrogen and oxygen atoms in total. The van der Waals surface area contributed by atoms with E-state index in [1.807, 2.05) is 30.3 Å². The zero-order valence-electron chi connectivity index (χ0n) is 11.1. The van der Waals surface area contributed by atoms with Crippen LogP contribution in [-0.2, 0) is 0 Å². The zero-order valence-corrected chi connectivity index (χ0v) is 11.1. The molecule has 0 heterocycles. The van der Waals surface area contributed by atoms with Crippen molar-refractivity contribution in [3.8, 4) is 11.8 Å². The van der Waals surface area contributed by atoms with Crippen molar-refractivity contribution in [1.29, 1.82) is 5.26 Å². The topological polar surface area (TPSA) is 45.0 Å². The zero-order chi connectivity index (χ0) is 13.2. The van der Waals surface area contributed by atoms with E-state index in [0.29, 0.717) is 0 Å². The smallest absolute Gasteiger partial charge is 0.174 e. The summed E-state index contributed by atoms with van der Waals surface area (Å²) >= 11 is 0. The van der Waals surface area contributed by atoms with E-state index in [4.69, 9.17) is 10.00 Å². The van der Waals surface area contributed by atoms with Gasteiger partial charge in [-0.15, -0.1) is 0 Å². The third-order valence-corrected chi connectivity index (χ3v) is 2.63.